The largest absolute Gasteiger partial charge is 0.494 e. The normalized spacial score (nSPS) is 16.7. The van der Waals surface area contributed by atoms with Gasteiger partial charge in [-0.2, -0.15) is 0 Å². The van der Waals surface area contributed by atoms with Gasteiger partial charge in [0.25, 0.3) is 0 Å². The van der Waals surface area contributed by atoms with E-state index in [0.29, 0.717) is 6.61 Å². The Kier molecular flexibility index (Phi) is 3.40. The van der Waals surface area contributed by atoms with Crippen molar-refractivity contribution < 1.29 is 9.53 Å². The molecule has 1 aliphatic heterocycles. The standard InChI is InChI=1S/C16H21NO2/c1-6-19-13-7-8-15-14(9-13)11(2)10-16(4,5)17(15)12(3)18/h7-10H,6H2,1-5H3. The fraction of sp³-hybridized carbons (Fsp3) is 0.438. The number of carbonyl (C=O) groups excluding carboxylic acids is 1. The molecule has 102 valence electrons. The highest BCUT2D eigenvalue weighted by Crippen LogP contribution is 2.40. The Bertz CT molecular complexity index is 544. The maximum atomic E-state index is 12.0. The lowest BCUT2D eigenvalue weighted by Gasteiger charge is -2.41. The number of amides is 1. The SMILES string of the molecule is CCOc1ccc2c(c1)C(C)=CC(C)(C)N2C(C)=O. The number of carbonyl (C=O) groups is 1. The van der Waals surface area contributed by atoms with E-state index in [9.17, 15) is 4.79 Å². The van der Waals surface area contributed by atoms with Crippen LogP contribution in [0.2, 0.25) is 0 Å². The summed E-state index contributed by atoms with van der Waals surface area (Å²) in [5, 5.41) is 0. The van der Waals surface area contributed by atoms with E-state index in [0.717, 1.165) is 17.0 Å². The van der Waals surface area contributed by atoms with E-state index in [2.05, 4.69) is 26.8 Å². The second-order valence-corrected chi connectivity index (χ2v) is 5.45. The summed E-state index contributed by atoms with van der Waals surface area (Å²) in [7, 11) is 0. The lowest BCUT2D eigenvalue weighted by Crippen LogP contribution is -2.47. The Labute approximate surface area is 114 Å². The van der Waals surface area contributed by atoms with Crippen molar-refractivity contribution in [3.8, 4) is 5.75 Å². The van der Waals surface area contributed by atoms with Crippen molar-refractivity contribution >= 4 is 17.2 Å². The van der Waals surface area contributed by atoms with Gasteiger partial charge in [-0.1, -0.05) is 6.08 Å². The highest BCUT2D eigenvalue weighted by molar-refractivity contribution is 5.99. The predicted octanol–water partition coefficient (Wildman–Crippen LogP) is 3.63. The molecule has 19 heavy (non-hydrogen) atoms. The number of allylic oxidation sites excluding steroid dienone is 1. The topological polar surface area (TPSA) is 29.5 Å². The lowest BCUT2D eigenvalue weighted by molar-refractivity contribution is -0.117. The minimum atomic E-state index is -0.296. The van der Waals surface area contributed by atoms with Gasteiger partial charge in [-0.25, -0.2) is 0 Å². The second-order valence-electron chi connectivity index (χ2n) is 5.45. The van der Waals surface area contributed by atoms with E-state index >= 15 is 0 Å². The van der Waals surface area contributed by atoms with Crippen LogP contribution < -0.4 is 9.64 Å². The van der Waals surface area contributed by atoms with Crippen molar-refractivity contribution in [1.82, 2.24) is 0 Å². The molecule has 3 heteroatoms. The monoisotopic (exact) mass is 259 g/mol. The quantitative estimate of drug-likeness (QED) is 0.811. The first kappa shape index (κ1) is 13.7. The van der Waals surface area contributed by atoms with Crippen LogP contribution in [0.1, 0.15) is 40.2 Å². The fourth-order valence-corrected chi connectivity index (χ4v) is 2.84. The Morgan fingerprint density at radius 3 is 2.63 bits per heavy atom. The maximum Gasteiger partial charge on any atom is 0.224 e. The Morgan fingerprint density at radius 1 is 1.37 bits per heavy atom. The van der Waals surface area contributed by atoms with E-state index in [1.54, 1.807) is 6.92 Å². The number of anilines is 1. The molecule has 1 aliphatic rings. The number of rotatable bonds is 2. The zero-order valence-electron chi connectivity index (χ0n) is 12.3. The fourth-order valence-electron chi connectivity index (χ4n) is 2.84. The summed E-state index contributed by atoms with van der Waals surface area (Å²) >= 11 is 0. The van der Waals surface area contributed by atoms with Crippen molar-refractivity contribution in [3.63, 3.8) is 0 Å². The molecule has 0 fully saturated rings. The number of nitrogens with zero attached hydrogens (tertiary/aromatic N) is 1. The number of ether oxygens (including phenoxy) is 1. The molecule has 0 radical (unpaired) electrons. The average Bonchev–Trinajstić information content (AvgIpc) is 2.28. The first-order chi connectivity index (χ1) is 8.86. The second kappa shape index (κ2) is 4.72. The molecular formula is C16H21NO2. The predicted molar refractivity (Wildman–Crippen MR) is 78.5 cm³/mol. The number of hydrogen-bond donors (Lipinski definition) is 0. The smallest absolute Gasteiger partial charge is 0.224 e. The van der Waals surface area contributed by atoms with Crippen LogP contribution in [0.15, 0.2) is 24.3 Å². The third-order valence-electron chi connectivity index (χ3n) is 3.41. The molecule has 1 aromatic rings. The van der Waals surface area contributed by atoms with Gasteiger partial charge in [0.05, 0.1) is 17.8 Å². The number of benzene rings is 1. The molecule has 1 amide bonds. The minimum absolute atomic E-state index is 0.0548. The molecular weight excluding hydrogens is 238 g/mol. The molecule has 0 unspecified atom stereocenters. The summed E-state index contributed by atoms with van der Waals surface area (Å²) in [5.41, 5.74) is 2.91. The van der Waals surface area contributed by atoms with Crippen LogP contribution in [0.4, 0.5) is 5.69 Å². The number of fused-ring (bicyclic) bond motifs is 1. The molecule has 1 heterocycles. The molecule has 1 aromatic carbocycles. The molecule has 0 bridgehead atoms. The van der Waals surface area contributed by atoms with Crippen LogP contribution in [-0.4, -0.2) is 18.1 Å². The molecule has 3 nitrogen and oxygen atoms in total. The van der Waals surface area contributed by atoms with Gasteiger partial charge >= 0.3 is 0 Å². The van der Waals surface area contributed by atoms with Crippen molar-refractivity contribution in [2.24, 2.45) is 0 Å². The van der Waals surface area contributed by atoms with E-state index in [1.165, 1.54) is 5.57 Å². The van der Waals surface area contributed by atoms with Crippen molar-refractivity contribution in [3.05, 3.63) is 29.8 Å². The minimum Gasteiger partial charge on any atom is -0.494 e. The Morgan fingerprint density at radius 2 is 2.05 bits per heavy atom. The summed E-state index contributed by atoms with van der Waals surface area (Å²) < 4.78 is 5.54. The zero-order valence-corrected chi connectivity index (χ0v) is 12.3. The van der Waals surface area contributed by atoms with Gasteiger partial charge in [-0.05, 0) is 51.5 Å². The first-order valence-corrected chi connectivity index (χ1v) is 6.64. The van der Waals surface area contributed by atoms with E-state index in [-0.39, 0.29) is 11.4 Å². The van der Waals surface area contributed by atoms with Crippen LogP contribution in [-0.2, 0) is 4.79 Å². The van der Waals surface area contributed by atoms with Crippen LogP contribution >= 0.6 is 0 Å². The molecule has 0 spiro atoms. The van der Waals surface area contributed by atoms with Crippen molar-refractivity contribution in [2.75, 3.05) is 11.5 Å². The van der Waals surface area contributed by atoms with Gasteiger partial charge in [0.2, 0.25) is 5.91 Å². The maximum absolute atomic E-state index is 12.0. The van der Waals surface area contributed by atoms with Crippen molar-refractivity contribution in [1.29, 1.82) is 0 Å². The highest BCUT2D eigenvalue weighted by atomic mass is 16.5. The van der Waals surface area contributed by atoms with Gasteiger partial charge < -0.3 is 9.64 Å². The Hall–Kier alpha value is -1.77. The lowest BCUT2D eigenvalue weighted by atomic mass is 9.88. The van der Waals surface area contributed by atoms with Gasteiger partial charge in [0, 0.05) is 12.5 Å². The van der Waals surface area contributed by atoms with Gasteiger partial charge in [-0.3, -0.25) is 4.79 Å². The van der Waals surface area contributed by atoms with Gasteiger partial charge in [-0.15, -0.1) is 0 Å². The molecule has 0 saturated heterocycles. The first-order valence-electron chi connectivity index (χ1n) is 6.64. The Balaban J connectivity index is 2.58. The van der Waals surface area contributed by atoms with Gasteiger partial charge in [0.15, 0.2) is 0 Å². The number of hydrogen-bond acceptors (Lipinski definition) is 2. The van der Waals surface area contributed by atoms with Crippen LogP contribution in [0.25, 0.3) is 5.57 Å². The summed E-state index contributed by atoms with van der Waals surface area (Å²) in [6.45, 7) is 10.4. The summed E-state index contributed by atoms with van der Waals surface area (Å²) in [5.74, 6) is 0.899. The van der Waals surface area contributed by atoms with Crippen LogP contribution in [0.3, 0.4) is 0 Å². The summed E-state index contributed by atoms with van der Waals surface area (Å²) in [6, 6.07) is 5.91. The average molecular weight is 259 g/mol. The summed E-state index contributed by atoms with van der Waals surface area (Å²) in [4.78, 5) is 13.8. The molecule has 0 N–H and O–H groups in total. The van der Waals surface area contributed by atoms with Gasteiger partial charge in [0.1, 0.15) is 5.75 Å². The third-order valence-corrected chi connectivity index (χ3v) is 3.41. The molecule has 0 aromatic heterocycles. The van der Waals surface area contributed by atoms with E-state index in [4.69, 9.17) is 4.74 Å². The van der Waals surface area contributed by atoms with E-state index < -0.39 is 0 Å². The highest BCUT2D eigenvalue weighted by Gasteiger charge is 2.34. The molecule has 0 aliphatic carbocycles. The van der Waals surface area contributed by atoms with Crippen LogP contribution in [0, 0.1) is 0 Å². The van der Waals surface area contributed by atoms with Crippen LogP contribution in [0.5, 0.6) is 5.75 Å². The summed E-state index contributed by atoms with van der Waals surface area (Å²) in [6.07, 6.45) is 2.13. The zero-order chi connectivity index (χ0) is 14.2. The van der Waals surface area contributed by atoms with Crippen molar-refractivity contribution in [2.45, 2.75) is 40.2 Å². The third kappa shape index (κ3) is 2.37. The van der Waals surface area contributed by atoms with E-state index in [1.807, 2.05) is 30.0 Å². The molecule has 0 atom stereocenters. The molecule has 0 saturated carbocycles. The molecule has 2 rings (SSSR count).